The van der Waals surface area contributed by atoms with E-state index in [0.29, 0.717) is 17.3 Å². The molecule has 0 aromatic heterocycles. The summed E-state index contributed by atoms with van der Waals surface area (Å²) in [5.41, 5.74) is -7.70. The topological polar surface area (TPSA) is 104 Å². The first kappa shape index (κ1) is 18.1. The number of aliphatic carboxylic acids is 1. The lowest BCUT2D eigenvalue weighted by molar-refractivity contribution is -0.151. The van der Waals surface area contributed by atoms with E-state index in [4.69, 9.17) is 5.11 Å². The van der Waals surface area contributed by atoms with Crippen molar-refractivity contribution in [1.82, 2.24) is 9.21 Å². The number of ether oxygens (including phenoxy) is 1. The molecular formula is C10H13F3N2O6S. The van der Waals surface area contributed by atoms with Gasteiger partial charge in [-0.2, -0.15) is 21.6 Å². The average Bonchev–Trinajstić information content (AvgIpc) is 2.81. The molecule has 0 aliphatic carbocycles. The lowest BCUT2D eigenvalue weighted by Crippen LogP contribution is -2.57. The van der Waals surface area contributed by atoms with E-state index in [2.05, 4.69) is 4.74 Å². The third kappa shape index (κ3) is 2.69. The molecule has 1 aliphatic heterocycles. The maximum atomic E-state index is 12.7. The van der Waals surface area contributed by atoms with Crippen molar-refractivity contribution in [3.8, 4) is 0 Å². The highest BCUT2D eigenvalue weighted by atomic mass is 32.2. The molecule has 1 rings (SSSR count). The molecule has 0 bridgehead atoms. The summed E-state index contributed by atoms with van der Waals surface area (Å²) < 4.78 is 65.4. The number of carboxylic acid groups (broad SMARTS) is 1. The van der Waals surface area contributed by atoms with Crippen molar-refractivity contribution in [3.63, 3.8) is 0 Å². The molecule has 1 heterocycles. The van der Waals surface area contributed by atoms with E-state index in [1.54, 1.807) is 0 Å². The van der Waals surface area contributed by atoms with Crippen LogP contribution >= 0.6 is 0 Å². The fourth-order valence-corrected chi connectivity index (χ4v) is 2.88. The lowest BCUT2D eigenvalue weighted by atomic mass is 9.89. The molecule has 126 valence electrons. The fraction of sp³-hybridized carbons (Fsp3) is 0.600. The number of carbonyl (C=O) groups excluding carboxylic acids is 1. The van der Waals surface area contributed by atoms with E-state index >= 15 is 0 Å². The number of nitrogens with zero attached hydrogens (tertiary/aromatic N) is 2. The fourth-order valence-electron chi connectivity index (χ4n) is 1.80. The largest absolute Gasteiger partial charge is 0.516 e. The van der Waals surface area contributed by atoms with Gasteiger partial charge in [0.1, 0.15) is 11.6 Å². The number of amides is 1. The van der Waals surface area contributed by atoms with Crippen LogP contribution in [0.25, 0.3) is 0 Å². The summed E-state index contributed by atoms with van der Waals surface area (Å²) in [6.45, 7) is 1.98. The summed E-state index contributed by atoms with van der Waals surface area (Å²) in [5.74, 6) is -1.60. The second-order valence-electron chi connectivity index (χ2n) is 4.86. The number of sulfonamides is 1. The Morgan fingerprint density at radius 2 is 1.73 bits per heavy atom. The van der Waals surface area contributed by atoms with Crippen LogP contribution in [0.3, 0.4) is 0 Å². The highest BCUT2D eigenvalue weighted by Crippen LogP contribution is 2.39. The molecule has 22 heavy (non-hydrogen) atoms. The van der Waals surface area contributed by atoms with Gasteiger partial charge >= 0.3 is 27.6 Å². The first-order chi connectivity index (χ1) is 9.78. The number of methoxy groups -OCH3 is 1. The van der Waals surface area contributed by atoms with Gasteiger partial charge in [-0.25, -0.2) is 9.10 Å². The summed E-state index contributed by atoms with van der Waals surface area (Å²) in [7, 11) is -4.96. The number of alkyl halides is 3. The van der Waals surface area contributed by atoms with Crippen LogP contribution in [0.1, 0.15) is 13.8 Å². The van der Waals surface area contributed by atoms with E-state index in [0.717, 1.165) is 21.0 Å². The summed E-state index contributed by atoms with van der Waals surface area (Å²) in [5, 5.41) is 9.15. The Hall–Kier alpha value is -1.98. The van der Waals surface area contributed by atoms with E-state index < -0.39 is 39.2 Å². The molecule has 12 heteroatoms. The number of halogens is 3. The van der Waals surface area contributed by atoms with Crippen LogP contribution < -0.4 is 0 Å². The van der Waals surface area contributed by atoms with Crippen molar-refractivity contribution in [1.29, 1.82) is 0 Å². The molecule has 0 aromatic rings. The van der Waals surface area contributed by atoms with Crippen molar-refractivity contribution in [2.75, 3.05) is 7.11 Å². The molecule has 1 unspecified atom stereocenters. The van der Waals surface area contributed by atoms with Gasteiger partial charge in [0.25, 0.3) is 0 Å². The smallest absolute Gasteiger partial charge is 0.481 e. The predicted octanol–water partition coefficient (Wildman–Crippen LogP) is 1.13. The van der Waals surface area contributed by atoms with Crippen molar-refractivity contribution in [2.24, 2.45) is 5.41 Å². The van der Waals surface area contributed by atoms with Gasteiger partial charge in [0, 0.05) is 12.4 Å². The summed E-state index contributed by atoms with van der Waals surface area (Å²) in [6.07, 6.45) is -1.99. The normalized spacial score (nSPS) is 19.5. The standard InChI is InChI=1S/C10H13F3N2O6S/c1-9(2,7(16)17)6-14(8(18)21-3)4-5-15(6)22(19,20)10(11,12)13/h4-6H,1-3H3,(H,16,17). The molecule has 1 amide bonds. The van der Waals surface area contributed by atoms with Crippen molar-refractivity contribution >= 4 is 22.1 Å². The molecular weight excluding hydrogens is 333 g/mol. The van der Waals surface area contributed by atoms with Gasteiger partial charge in [-0.15, -0.1) is 0 Å². The quantitative estimate of drug-likeness (QED) is 0.821. The van der Waals surface area contributed by atoms with Crippen LogP contribution in [0.15, 0.2) is 12.4 Å². The van der Waals surface area contributed by atoms with Crippen molar-refractivity contribution in [2.45, 2.75) is 25.5 Å². The van der Waals surface area contributed by atoms with Gasteiger partial charge in [0.05, 0.1) is 7.11 Å². The van der Waals surface area contributed by atoms with Crippen LogP contribution in [-0.4, -0.2) is 53.6 Å². The van der Waals surface area contributed by atoms with E-state index in [-0.39, 0.29) is 4.31 Å². The van der Waals surface area contributed by atoms with Gasteiger partial charge in [0.2, 0.25) is 0 Å². The number of hydrogen-bond acceptors (Lipinski definition) is 5. The van der Waals surface area contributed by atoms with Crippen LogP contribution in [-0.2, 0) is 19.6 Å². The zero-order valence-electron chi connectivity index (χ0n) is 11.7. The molecule has 0 aromatic carbocycles. The Morgan fingerprint density at radius 3 is 2.09 bits per heavy atom. The molecule has 1 atom stereocenters. The van der Waals surface area contributed by atoms with Crippen LogP contribution in [0.2, 0.25) is 0 Å². The Bertz CT molecular complexity index is 613. The highest BCUT2D eigenvalue weighted by molar-refractivity contribution is 7.90. The van der Waals surface area contributed by atoms with E-state index in [1.165, 1.54) is 0 Å². The molecule has 0 saturated heterocycles. The van der Waals surface area contributed by atoms with Gasteiger partial charge in [-0.3, -0.25) is 9.69 Å². The summed E-state index contributed by atoms with van der Waals surface area (Å²) in [4.78, 5) is 23.3. The first-order valence-corrected chi connectivity index (χ1v) is 7.10. The van der Waals surface area contributed by atoms with Crippen LogP contribution in [0, 0.1) is 5.41 Å². The lowest BCUT2D eigenvalue weighted by Gasteiger charge is -2.38. The van der Waals surface area contributed by atoms with Gasteiger partial charge in [-0.05, 0) is 13.8 Å². The summed E-state index contributed by atoms with van der Waals surface area (Å²) in [6, 6.07) is 0. The second-order valence-corrected chi connectivity index (χ2v) is 6.69. The average molecular weight is 346 g/mol. The molecule has 1 N–H and O–H groups in total. The van der Waals surface area contributed by atoms with Crippen LogP contribution in [0.5, 0.6) is 0 Å². The monoisotopic (exact) mass is 346 g/mol. The molecule has 0 spiro atoms. The van der Waals surface area contributed by atoms with Gasteiger partial charge < -0.3 is 9.84 Å². The van der Waals surface area contributed by atoms with E-state index in [1.807, 2.05) is 0 Å². The maximum absolute atomic E-state index is 12.7. The summed E-state index contributed by atoms with van der Waals surface area (Å²) >= 11 is 0. The second kappa shape index (κ2) is 5.34. The maximum Gasteiger partial charge on any atom is 0.516 e. The minimum absolute atomic E-state index is 0.210. The minimum Gasteiger partial charge on any atom is -0.481 e. The number of rotatable bonds is 3. The van der Waals surface area contributed by atoms with E-state index in [9.17, 15) is 31.2 Å². The number of carboxylic acids is 1. The minimum atomic E-state index is -5.88. The first-order valence-electron chi connectivity index (χ1n) is 5.66. The zero-order chi connectivity index (χ0) is 17.5. The zero-order valence-corrected chi connectivity index (χ0v) is 12.5. The molecule has 1 aliphatic rings. The molecule has 8 nitrogen and oxygen atoms in total. The Labute approximate surface area is 123 Å². The van der Waals surface area contributed by atoms with Crippen LogP contribution in [0.4, 0.5) is 18.0 Å². The molecule has 0 saturated carbocycles. The Balaban J connectivity index is 3.45. The van der Waals surface area contributed by atoms with Crippen molar-refractivity contribution < 1.29 is 41.0 Å². The third-order valence-corrected chi connectivity index (χ3v) is 4.49. The van der Waals surface area contributed by atoms with Gasteiger partial charge in [0.15, 0.2) is 0 Å². The highest BCUT2D eigenvalue weighted by Gasteiger charge is 2.58. The third-order valence-electron chi connectivity index (χ3n) is 3.03. The SMILES string of the molecule is COC(=O)N1C=CN(S(=O)(=O)C(F)(F)F)C1C(C)(C)C(=O)O. The number of carbonyl (C=O) groups is 2. The Kier molecular flexibility index (Phi) is 4.38. The predicted molar refractivity (Wildman–Crippen MR) is 65.4 cm³/mol. The van der Waals surface area contributed by atoms with Gasteiger partial charge in [-0.1, -0.05) is 0 Å². The molecule has 0 radical (unpaired) electrons. The van der Waals surface area contributed by atoms with Crippen molar-refractivity contribution in [3.05, 3.63) is 12.4 Å². The Morgan fingerprint density at radius 1 is 1.23 bits per heavy atom. The number of hydrogen-bond donors (Lipinski definition) is 1. The molecule has 0 fully saturated rings.